The minimum atomic E-state index is 0.903. The van der Waals surface area contributed by atoms with E-state index in [9.17, 15) is 0 Å². The van der Waals surface area contributed by atoms with Gasteiger partial charge in [0.25, 0.3) is 0 Å². The van der Waals surface area contributed by atoms with Crippen molar-refractivity contribution in [2.75, 3.05) is 25.0 Å². The maximum Gasteiger partial charge on any atom is 0.0595 e. The number of unbranched alkanes of at least 4 members (excludes halogenated alkanes) is 1. The number of hydrogen-bond acceptors (Lipinski definition) is 3. The van der Waals surface area contributed by atoms with Crippen LogP contribution in [0.1, 0.15) is 25.3 Å². The largest absolute Gasteiger partial charge is 0.373 e. The number of allylic oxidation sites excluding steroid dienone is 1. The summed E-state index contributed by atoms with van der Waals surface area (Å²) in [5.41, 5.74) is 2.53. The predicted octanol–water partition coefficient (Wildman–Crippen LogP) is 2.59. The van der Waals surface area contributed by atoms with Crippen LogP contribution in [-0.2, 0) is 6.54 Å². The SMILES string of the molecule is C=CCCCN(C)c1cnccc1CNCC. The summed E-state index contributed by atoms with van der Waals surface area (Å²) in [6.07, 6.45) is 7.97. The van der Waals surface area contributed by atoms with Crippen molar-refractivity contribution in [1.82, 2.24) is 10.3 Å². The molecule has 1 rings (SSSR count). The Morgan fingerprint density at radius 1 is 1.53 bits per heavy atom. The van der Waals surface area contributed by atoms with E-state index in [1.807, 2.05) is 18.5 Å². The number of rotatable bonds is 8. The summed E-state index contributed by atoms with van der Waals surface area (Å²) in [5, 5.41) is 3.36. The lowest BCUT2D eigenvalue weighted by atomic mass is 10.2. The molecule has 0 amide bonds. The highest BCUT2D eigenvalue weighted by Gasteiger charge is 2.06. The zero-order valence-electron chi connectivity index (χ0n) is 10.9. The molecular formula is C14H23N3. The number of nitrogens with zero attached hydrogens (tertiary/aromatic N) is 2. The lowest BCUT2D eigenvalue weighted by molar-refractivity contribution is 0.718. The number of pyridine rings is 1. The first-order valence-electron chi connectivity index (χ1n) is 6.25. The molecule has 0 aromatic carbocycles. The molecule has 0 aliphatic carbocycles. The number of aromatic nitrogens is 1. The maximum absolute atomic E-state index is 4.21. The topological polar surface area (TPSA) is 28.2 Å². The first-order chi connectivity index (χ1) is 8.29. The van der Waals surface area contributed by atoms with Crippen LogP contribution < -0.4 is 10.2 Å². The summed E-state index contributed by atoms with van der Waals surface area (Å²) >= 11 is 0. The molecule has 17 heavy (non-hydrogen) atoms. The molecule has 1 heterocycles. The molecule has 0 aliphatic rings. The molecule has 1 aromatic heterocycles. The van der Waals surface area contributed by atoms with Gasteiger partial charge in [-0.3, -0.25) is 4.98 Å². The van der Waals surface area contributed by atoms with E-state index in [2.05, 4.69) is 41.8 Å². The molecule has 0 saturated carbocycles. The van der Waals surface area contributed by atoms with Crippen molar-refractivity contribution < 1.29 is 0 Å². The van der Waals surface area contributed by atoms with E-state index in [-0.39, 0.29) is 0 Å². The van der Waals surface area contributed by atoms with Crippen LogP contribution in [0.3, 0.4) is 0 Å². The molecule has 0 fully saturated rings. The minimum absolute atomic E-state index is 0.903. The monoisotopic (exact) mass is 233 g/mol. The fourth-order valence-electron chi connectivity index (χ4n) is 1.76. The fourth-order valence-corrected chi connectivity index (χ4v) is 1.76. The Balaban J connectivity index is 2.63. The third kappa shape index (κ3) is 4.57. The average molecular weight is 233 g/mol. The smallest absolute Gasteiger partial charge is 0.0595 e. The summed E-state index contributed by atoms with van der Waals surface area (Å²) in [7, 11) is 2.12. The van der Waals surface area contributed by atoms with Crippen molar-refractivity contribution in [2.45, 2.75) is 26.3 Å². The zero-order valence-corrected chi connectivity index (χ0v) is 10.9. The lowest BCUT2D eigenvalue weighted by Gasteiger charge is -2.21. The van der Waals surface area contributed by atoms with Crippen molar-refractivity contribution in [3.05, 3.63) is 36.7 Å². The van der Waals surface area contributed by atoms with Crippen molar-refractivity contribution in [3.63, 3.8) is 0 Å². The van der Waals surface area contributed by atoms with Gasteiger partial charge in [0.2, 0.25) is 0 Å². The molecule has 3 nitrogen and oxygen atoms in total. The molecule has 1 aromatic rings. The van der Waals surface area contributed by atoms with E-state index in [1.54, 1.807) is 0 Å². The van der Waals surface area contributed by atoms with Crippen LogP contribution in [0.25, 0.3) is 0 Å². The molecule has 0 saturated heterocycles. The van der Waals surface area contributed by atoms with Crippen molar-refractivity contribution >= 4 is 5.69 Å². The van der Waals surface area contributed by atoms with E-state index in [4.69, 9.17) is 0 Å². The Kier molecular flexibility index (Phi) is 6.33. The normalized spacial score (nSPS) is 10.2. The van der Waals surface area contributed by atoms with Crippen LogP contribution in [-0.4, -0.2) is 25.1 Å². The van der Waals surface area contributed by atoms with Gasteiger partial charge < -0.3 is 10.2 Å². The van der Waals surface area contributed by atoms with Gasteiger partial charge in [-0.05, 0) is 31.0 Å². The van der Waals surface area contributed by atoms with Gasteiger partial charge in [0.05, 0.1) is 11.9 Å². The number of anilines is 1. The van der Waals surface area contributed by atoms with E-state index in [0.29, 0.717) is 0 Å². The average Bonchev–Trinajstić information content (AvgIpc) is 2.37. The van der Waals surface area contributed by atoms with Crippen molar-refractivity contribution in [3.8, 4) is 0 Å². The Bertz CT molecular complexity index is 336. The fraction of sp³-hybridized carbons (Fsp3) is 0.500. The number of hydrogen-bond donors (Lipinski definition) is 1. The predicted molar refractivity (Wildman–Crippen MR) is 74.3 cm³/mol. The Morgan fingerprint density at radius 2 is 2.35 bits per heavy atom. The van der Waals surface area contributed by atoms with Crippen LogP contribution in [0.15, 0.2) is 31.1 Å². The van der Waals surface area contributed by atoms with Gasteiger partial charge in [-0.25, -0.2) is 0 Å². The van der Waals surface area contributed by atoms with Gasteiger partial charge in [0.15, 0.2) is 0 Å². The number of nitrogens with one attached hydrogen (secondary N) is 1. The summed E-state index contributed by atoms with van der Waals surface area (Å²) < 4.78 is 0. The summed E-state index contributed by atoms with van der Waals surface area (Å²) in [4.78, 5) is 6.48. The highest BCUT2D eigenvalue weighted by atomic mass is 15.1. The molecule has 0 spiro atoms. The standard InChI is InChI=1S/C14H23N3/c1-4-6-7-10-17(3)14-12-16-9-8-13(14)11-15-5-2/h4,8-9,12,15H,1,5-7,10-11H2,2-3H3. The molecule has 0 unspecified atom stereocenters. The van der Waals surface area contributed by atoms with E-state index >= 15 is 0 Å². The van der Waals surface area contributed by atoms with Gasteiger partial charge in [-0.15, -0.1) is 6.58 Å². The highest BCUT2D eigenvalue weighted by molar-refractivity contribution is 5.50. The van der Waals surface area contributed by atoms with E-state index < -0.39 is 0 Å². The Labute approximate surface area is 105 Å². The second-order valence-electron chi connectivity index (χ2n) is 4.14. The van der Waals surface area contributed by atoms with Crippen LogP contribution in [0.4, 0.5) is 5.69 Å². The molecule has 3 heteroatoms. The van der Waals surface area contributed by atoms with Crippen molar-refractivity contribution in [2.24, 2.45) is 0 Å². The molecule has 94 valence electrons. The van der Waals surface area contributed by atoms with Crippen LogP contribution in [0.2, 0.25) is 0 Å². The zero-order chi connectivity index (χ0) is 12.5. The van der Waals surface area contributed by atoms with Gasteiger partial charge in [0.1, 0.15) is 0 Å². The van der Waals surface area contributed by atoms with Crippen LogP contribution >= 0.6 is 0 Å². The Hall–Kier alpha value is -1.35. The molecule has 1 N–H and O–H groups in total. The molecular weight excluding hydrogens is 210 g/mol. The quantitative estimate of drug-likeness (QED) is 0.552. The first-order valence-corrected chi connectivity index (χ1v) is 6.25. The second-order valence-corrected chi connectivity index (χ2v) is 4.14. The lowest BCUT2D eigenvalue weighted by Crippen LogP contribution is -2.22. The van der Waals surface area contributed by atoms with Gasteiger partial charge in [0, 0.05) is 26.3 Å². The van der Waals surface area contributed by atoms with Gasteiger partial charge in [-0.2, -0.15) is 0 Å². The van der Waals surface area contributed by atoms with E-state index in [0.717, 1.165) is 32.5 Å². The Morgan fingerprint density at radius 3 is 3.06 bits per heavy atom. The summed E-state index contributed by atoms with van der Waals surface area (Å²) in [5.74, 6) is 0. The molecule has 0 radical (unpaired) electrons. The maximum atomic E-state index is 4.21. The first kappa shape index (κ1) is 13.7. The summed E-state index contributed by atoms with van der Waals surface area (Å²) in [6.45, 7) is 8.80. The van der Waals surface area contributed by atoms with E-state index in [1.165, 1.54) is 11.3 Å². The van der Waals surface area contributed by atoms with Crippen molar-refractivity contribution in [1.29, 1.82) is 0 Å². The van der Waals surface area contributed by atoms with Gasteiger partial charge >= 0.3 is 0 Å². The minimum Gasteiger partial charge on any atom is -0.373 e. The highest BCUT2D eigenvalue weighted by Crippen LogP contribution is 2.18. The third-order valence-corrected chi connectivity index (χ3v) is 2.77. The molecule has 0 aliphatic heterocycles. The molecule has 0 bridgehead atoms. The molecule has 0 atom stereocenters. The van der Waals surface area contributed by atoms with Gasteiger partial charge in [-0.1, -0.05) is 13.0 Å². The second kappa shape index (κ2) is 7.85. The third-order valence-electron chi connectivity index (χ3n) is 2.77. The van der Waals surface area contributed by atoms with Crippen LogP contribution in [0, 0.1) is 0 Å². The van der Waals surface area contributed by atoms with Crippen LogP contribution in [0.5, 0.6) is 0 Å². The summed E-state index contributed by atoms with van der Waals surface area (Å²) in [6, 6.07) is 2.09.